The van der Waals surface area contributed by atoms with E-state index >= 15 is 0 Å². The first-order chi connectivity index (χ1) is 13.6. The second-order valence-electron chi connectivity index (χ2n) is 6.90. The van der Waals surface area contributed by atoms with Crippen LogP contribution in [0.4, 0.5) is 0 Å². The average Bonchev–Trinajstić information content (AvgIpc) is 3.36. The number of hydrogen-bond acceptors (Lipinski definition) is 6. The molecule has 0 atom stereocenters. The van der Waals surface area contributed by atoms with Crippen molar-refractivity contribution in [1.29, 1.82) is 0 Å². The molecule has 148 valence electrons. The van der Waals surface area contributed by atoms with Gasteiger partial charge in [0, 0.05) is 41.7 Å². The van der Waals surface area contributed by atoms with Crippen molar-refractivity contribution in [3.63, 3.8) is 0 Å². The van der Waals surface area contributed by atoms with Crippen LogP contribution in [0, 0.1) is 0 Å². The first-order valence-electron chi connectivity index (χ1n) is 9.51. The van der Waals surface area contributed by atoms with Gasteiger partial charge in [-0.1, -0.05) is 31.5 Å². The molecule has 2 aromatic heterocycles. The van der Waals surface area contributed by atoms with E-state index in [1.54, 1.807) is 48.4 Å². The summed E-state index contributed by atoms with van der Waals surface area (Å²) in [6.45, 7) is 3.70. The second-order valence-corrected chi connectivity index (χ2v) is 9.88. The first kappa shape index (κ1) is 19.4. The van der Waals surface area contributed by atoms with E-state index in [9.17, 15) is 8.42 Å². The molecule has 0 amide bonds. The number of benzene rings is 1. The Morgan fingerprint density at radius 3 is 2.68 bits per heavy atom. The molecule has 1 aromatic carbocycles. The molecule has 1 fully saturated rings. The molecule has 28 heavy (non-hydrogen) atoms. The van der Waals surface area contributed by atoms with Crippen molar-refractivity contribution in [2.75, 3.05) is 18.8 Å². The molecule has 4 rings (SSSR count). The maximum atomic E-state index is 13.3. The van der Waals surface area contributed by atoms with Gasteiger partial charge in [0.25, 0.3) is 10.0 Å². The monoisotopic (exact) mass is 416 g/mol. The molecular formula is C20H24N4O2S2. The minimum Gasteiger partial charge on any atom is -0.257 e. The standard InChI is InChI=1S/C20H24N4O2S2/c1-2-3-9-27-16-10-18-19(15-11-22-23-12-15)14-24(20(18)21-13-16)28(25,26)17-7-5-4-6-8-17/h4-8,10,13-15,22-23H,2-3,9,11-12H2,1H3. The number of rotatable bonds is 7. The minimum atomic E-state index is -3.70. The fraction of sp³-hybridized carbons (Fsp3) is 0.350. The van der Waals surface area contributed by atoms with E-state index in [4.69, 9.17) is 0 Å². The van der Waals surface area contributed by atoms with Crippen LogP contribution >= 0.6 is 11.8 Å². The highest BCUT2D eigenvalue weighted by Gasteiger charge is 2.27. The van der Waals surface area contributed by atoms with Gasteiger partial charge in [0.15, 0.2) is 5.65 Å². The molecule has 2 N–H and O–H groups in total. The first-order valence-corrected chi connectivity index (χ1v) is 11.9. The normalized spacial score (nSPS) is 15.5. The SMILES string of the molecule is CCCCSc1cnc2c(c1)c(C1CNNC1)cn2S(=O)(=O)c1ccccc1. The van der Waals surface area contributed by atoms with E-state index in [1.807, 2.05) is 6.07 Å². The van der Waals surface area contributed by atoms with Gasteiger partial charge in [-0.05, 0) is 35.9 Å². The molecule has 0 spiro atoms. The Bertz CT molecular complexity index is 1060. The summed E-state index contributed by atoms with van der Waals surface area (Å²) in [4.78, 5) is 5.91. The summed E-state index contributed by atoms with van der Waals surface area (Å²) in [7, 11) is -3.70. The predicted molar refractivity (Wildman–Crippen MR) is 113 cm³/mol. The number of nitrogens with zero attached hydrogens (tertiary/aromatic N) is 2. The molecule has 0 unspecified atom stereocenters. The second kappa shape index (κ2) is 8.24. The number of fused-ring (bicyclic) bond motifs is 1. The summed E-state index contributed by atoms with van der Waals surface area (Å²) < 4.78 is 27.9. The van der Waals surface area contributed by atoms with Gasteiger partial charge >= 0.3 is 0 Å². The molecule has 1 saturated heterocycles. The lowest BCUT2D eigenvalue weighted by Gasteiger charge is -2.07. The van der Waals surface area contributed by atoms with Crippen LogP contribution in [-0.4, -0.2) is 36.2 Å². The van der Waals surface area contributed by atoms with Crippen molar-refractivity contribution in [3.8, 4) is 0 Å². The van der Waals surface area contributed by atoms with Gasteiger partial charge in [0.05, 0.1) is 4.90 Å². The number of hydrogen-bond donors (Lipinski definition) is 2. The van der Waals surface area contributed by atoms with E-state index in [0.717, 1.165) is 47.5 Å². The zero-order valence-corrected chi connectivity index (χ0v) is 17.4. The molecule has 0 bridgehead atoms. The van der Waals surface area contributed by atoms with Gasteiger partial charge in [0.1, 0.15) is 0 Å². The predicted octanol–water partition coefficient (Wildman–Crippen LogP) is 3.36. The maximum absolute atomic E-state index is 13.3. The van der Waals surface area contributed by atoms with Gasteiger partial charge < -0.3 is 0 Å². The summed E-state index contributed by atoms with van der Waals surface area (Å²) >= 11 is 1.77. The van der Waals surface area contributed by atoms with Crippen LogP contribution in [0.1, 0.15) is 31.2 Å². The summed E-state index contributed by atoms with van der Waals surface area (Å²) in [5.74, 6) is 1.24. The molecule has 1 aliphatic rings. The molecule has 3 heterocycles. The third-order valence-electron chi connectivity index (χ3n) is 4.95. The third kappa shape index (κ3) is 3.69. The van der Waals surface area contributed by atoms with E-state index in [2.05, 4.69) is 28.8 Å². The van der Waals surface area contributed by atoms with Gasteiger partial charge in [0.2, 0.25) is 0 Å². The summed E-state index contributed by atoms with van der Waals surface area (Å²) in [5, 5.41) is 0.913. The van der Waals surface area contributed by atoms with E-state index in [0.29, 0.717) is 5.65 Å². The van der Waals surface area contributed by atoms with Crippen molar-refractivity contribution in [1.82, 2.24) is 19.8 Å². The number of hydrazine groups is 1. The fourth-order valence-electron chi connectivity index (χ4n) is 3.39. The molecule has 0 radical (unpaired) electrons. The van der Waals surface area contributed by atoms with Crippen LogP contribution in [0.2, 0.25) is 0 Å². The lowest BCUT2D eigenvalue weighted by atomic mass is 10.0. The van der Waals surface area contributed by atoms with Gasteiger partial charge in [-0.2, -0.15) is 0 Å². The Labute approximate surface area is 169 Å². The summed E-state index contributed by atoms with van der Waals surface area (Å²) in [6.07, 6.45) is 5.84. The summed E-state index contributed by atoms with van der Waals surface area (Å²) in [6, 6.07) is 10.6. The van der Waals surface area contributed by atoms with Crippen LogP contribution in [0.3, 0.4) is 0 Å². The van der Waals surface area contributed by atoms with Crippen LogP contribution < -0.4 is 10.9 Å². The molecule has 3 aromatic rings. The van der Waals surface area contributed by atoms with E-state index in [-0.39, 0.29) is 10.8 Å². The Hall–Kier alpha value is -1.87. The van der Waals surface area contributed by atoms with Crippen molar-refractivity contribution >= 4 is 32.8 Å². The number of thioether (sulfide) groups is 1. The molecule has 0 saturated carbocycles. The Kier molecular flexibility index (Phi) is 5.73. The molecule has 6 nitrogen and oxygen atoms in total. The molecule has 8 heteroatoms. The lowest BCUT2D eigenvalue weighted by Crippen LogP contribution is -2.21. The zero-order chi connectivity index (χ0) is 19.6. The van der Waals surface area contributed by atoms with Crippen molar-refractivity contribution in [2.24, 2.45) is 0 Å². The topological polar surface area (TPSA) is 76.0 Å². The minimum absolute atomic E-state index is 0.201. The van der Waals surface area contributed by atoms with Crippen molar-refractivity contribution < 1.29 is 8.42 Å². The quantitative estimate of drug-likeness (QED) is 0.454. The van der Waals surface area contributed by atoms with Crippen molar-refractivity contribution in [3.05, 3.63) is 54.4 Å². The van der Waals surface area contributed by atoms with E-state index in [1.165, 1.54) is 3.97 Å². The number of nitrogens with one attached hydrogen (secondary N) is 2. The van der Waals surface area contributed by atoms with Crippen molar-refractivity contribution in [2.45, 2.75) is 35.5 Å². The molecular weight excluding hydrogens is 392 g/mol. The highest BCUT2D eigenvalue weighted by molar-refractivity contribution is 7.99. The van der Waals surface area contributed by atoms with Gasteiger partial charge in [-0.15, -0.1) is 11.8 Å². The van der Waals surface area contributed by atoms with Gasteiger partial charge in [-0.25, -0.2) is 17.4 Å². The Balaban J connectivity index is 1.83. The summed E-state index contributed by atoms with van der Waals surface area (Å²) in [5.41, 5.74) is 7.78. The van der Waals surface area contributed by atoms with Crippen LogP contribution in [0.25, 0.3) is 11.0 Å². The zero-order valence-electron chi connectivity index (χ0n) is 15.8. The van der Waals surface area contributed by atoms with Crippen LogP contribution in [-0.2, 0) is 10.0 Å². The van der Waals surface area contributed by atoms with Crippen LogP contribution in [0.5, 0.6) is 0 Å². The van der Waals surface area contributed by atoms with E-state index < -0.39 is 10.0 Å². The smallest absolute Gasteiger partial charge is 0.257 e. The van der Waals surface area contributed by atoms with Crippen LogP contribution in [0.15, 0.2) is 58.6 Å². The molecule has 1 aliphatic heterocycles. The largest absolute Gasteiger partial charge is 0.269 e. The number of pyridine rings is 1. The Morgan fingerprint density at radius 1 is 1.21 bits per heavy atom. The lowest BCUT2D eigenvalue weighted by molar-refractivity contribution is 0.588. The highest BCUT2D eigenvalue weighted by atomic mass is 32.2. The maximum Gasteiger partial charge on any atom is 0.269 e. The number of aromatic nitrogens is 2. The third-order valence-corrected chi connectivity index (χ3v) is 7.66. The number of unbranched alkanes of at least 4 members (excludes halogenated alkanes) is 1. The molecule has 0 aliphatic carbocycles. The van der Waals surface area contributed by atoms with Gasteiger partial charge in [-0.3, -0.25) is 10.9 Å². The highest BCUT2D eigenvalue weighted by Crippen LogP contribution is 2.33. The Morgan fingerprint density at radius 2 is 1.96 bits per heavy atom. The fourth-order valence-corrected chi connectivity index (χ4v) is 5.74. The average molecular weight is 417 g/mol.